The first kappa shape index (κ1) is 36.9. The first-order valence-corrected chi connectivity index (χ1v) is 12.0. The summed E-state index contributed by atoms with van der Waals surface area (Å²) in [5.41, 5.74) is 0. The Morgan fingerprint density at radius 2 is 0.737 bits per heavy atom. The van der Waals surface area contributed by atoms with E-state index in [1.54, 1.807) is 20.8 Å². The van der Waals surface area contributed by atoms with Crippen LogP contribution < -0.4 is 0 Å². The number of carbonyl (C=O) groups is 4. The maximum absolute atomic E-state index is 11.0. The summed E-state index contributed by atoms with van der Waals surface area (Å²) >= 11 is 0. The Morgan fingerprint density at radius 3 is 1.08 bits per heavy atom. The highest BCUT2D eigenvalue weighted by atomic mass is 16.6. The van der Waals surface area contributed by atoms with Gasteiger partial charge in [-0.1, -0.05) is 26.3 Å². The summed E-state index contributed by atoms with van der Waals surface area (Å²) in [4.78, 5) is 43.2. The van der Waals surface area contributed by atoms with E-state index in [0.29, 0.717) is 13.2 Å². The third-order valence-corrected chi connectivity index (χ3v) is 4.07. The molecule has 0 fully saturated rings. The zero-order valence-electron chi connectivity index (χ0n) is 23.1. The Kier molecular flexibility index (Phi) is 22.2. The van der Waals surface area contributed by atoms with Crippen molar-refractivity contribution in [3.8, 4) is 0 Å². The van der Waals surface area contributed by atoms with Crippen LogP contribution in [0.1, 0.15) is 34.6 Å². The molecule has 0 aliphatic heterocycles. The van der Waals surface area contributed by atoms with Crippen LogP contribution in [0, 0.1) is 0 Å². The molecule has 0 aliphatic carbocycles. The van der Waals surface area contributed by atoms with Crippen molar-refractivity contribution < 1.29 is 52.3 Å². The lowest BCUT2D eigenvalue weighted by Gasteiger charge is -2.21. The van der Waals surface area contributed by atoms with Crippen LogP contribution in [-0.4, -0.2) is 87.4 Å². The fourth-order valence-electron chi connectivity index (χ4n) is 2.12. The molecular weight excluding hydrogens is 500 g/mol. The molecular formula is C27H42O11. The summed E-state index contributed by atoms with van der Waals surface area (Å²) in [5, 5.41) is 0. The van der Waals surface area contributed by atoms with E-state index in [9.17, 15) is 19.2 Å². The quantitative estimate of drug-likeness (QED) is 0.136. The second kappa shape index (κ2) is 22.9. The molecule has 216 valence electrons. The summed E-state index contributed by atoms with van der Waals surface area (Å²) in [5.74, 6) is -2.03. The lowest BCUT2D eigenvalue weighted by Crippen LogP contribution is -2.28. The van der Waals surface area contributed by atoms with E-state index < -0.39 is 30.0 Å². The molecule has 11 nitrogen and oxygen atoms in total. The Morgan fingerprint density at radius 1 is 0.474 bits per heavy atom. The maximum atomic E-state index is 11.0. The van der Waals surface area contributed by atoms with E-state index in [4.69, 9.17) is 28.4 Å². The summed E-state index contributed by atoms with van der Waals surface area (Å²) in [6, 6.07) is 0. The number of ether oxygens (including phenoxy) is 7. The molecule has 0 aliphatic rings. The summed E-state index contributed by atoms with van der Waals surface area (Å²) in [7, 11) is 0. The van der Waals surface area contributed by atoms with Crippen molar-refractivity contribution in [3.63, 3.8) is 0 Å². The molecule has 0 spiro atoms. The molecule has 0 aromatic rings. The monoisotopic (exact) mass is 542 g/mol. The van der Waals surface area contributed by atoms with E-state index >= 15 is 0 Å². The van der Waals surface area contributed by atoms with Gasteiger partial charge in [0, 0.05) is 24.3 Å². The molecule has 0 aromatic heterocycles. The normalized spacial score (nSPS) is 14.0. The molecule has 38 heavy (non-hydrogen) atoms. The van der Waals surface area contributed by atoms with Gasteiger partial charge in [-0.2, -0.15) is 0 Å². The zero-order chi connectivity index (χ0) is 29.5. The molecule has 0 saturated carbocycles. The van der Waals surface area contributed by atoms with Gasteiger partial charge in [0.25, 0.3) is 0 Å². The van der Waals surface area contributed by atoms with Crippen LogP contribution in [0.25, 0.3) is 0 Å². The van der Waals surface area contributed by atoms with Crippen LogP contribution in [0.4, 0.5) is 0 Å². The lowest BCUT2D eigenvalue weighted by molar-refractivity contribution is -0.151. The second-order valence-electron chi connectivity index (χ2n) is 8.00. The topological polar surface area (TPSA) is 133 Å². The van der Waals surface area contributed by atoms with Crippen molar-refractivity contribution in [2.75, 3.05) is 33.0 Å². The van der Waals surface area contributed by atoms with Gasteiger partial charge in [-0.3, -0.25) is 0 Å². The molecule has 5 unspecified atom stereocenters. The first-order valence-electron chi connectivity index (χ1n) is 12.0. The Balaban J connectivity index is 0. The fraction of sp³-hybridized carbons (Fsp3) is 0.556. The van der Waals surface area contributed by atoms with E-state index in [-0.39, 0.29) is 44.2 Å². The van der Waals surface area contributed by atoms with Gasteiger partial charge >= 0.3 is 23.9 Å². The van der Waals surface area contributed by atoms with Crippen molar-refractivity contribution in [2.24, 2.45) is 0 Å². The zero-order valence-corrected chi connectivity index (χ0v) is 23.1. The standard InChI is InChI=1S/C18H30O7.C9H12O4/c1-7-17(19)24-11-15(5)22-9-13(3)21-10-14(4)23-12-16(6)25-18(20)8-2;1-4-8(10)12-6-7(3)13-9(11)5-2/h7-8,13-16H,1-2,9-12H2,3-6H3;4-5,7H,1-2,6H2,3H3. The highest BCUT2D eigenvalue weighted by Gasteiger charge is 2.13. The summed E-state index contributed by atoms with van der Waals surface area (Å²) in [6.45, 7) is 23.2. The number of hydrogen-bond donors (Lipinski definition) is 0. The smallest absolute Gasteiger partial charge is 0.330 e. The molecule has 0 N–H and O–H groups in total. The van der Waals surface area contributed by atoms with E-state index in [1.165, 1.54) is 0 Å². The van der Waals surface area contributed by atoms with Crippen LogP contribution in [0.5, 0.6) is 0 Å². The predicted molar refractivity (Wildman–Crippen MR) is 140 cm³/mol. The molecule has 0 radical (unpaired) electrons. The van der Waals surface area contributed by atoms with Crippen molar-refractivity contribution in [2.45, 2.75) is 65.1 Å². The van der Waals surface area contributed by atoms with E-state index in [0.717, 1.165) is 24.3 Å². The third-order valence-electron chi connectivity index (χ3n) is 4.07. The number of carbonyl (C=O) groups excluding carboxylic acids is 4. The van der Waals surface area contributed by atoms with Gasteiger partial charge in [-0.15, -0.1) is 0 Å². The number of rotatable bonds is 19. The van der Waals surface area contributed by atoms with Gasteiger partial charge in [-0.05, 0) is 34.6 Å². The SMILES string of the molecule is C=CC(=O)OCC(C)OC(=O)C=C.C=CC(=O)OCC(C)OCC(C)OCC(C)OCC(C)OC(=O)C=C. The van der Waals surface area contributed by atoms with Crippen LogP contribution in [-0.2, 0) is 52.3 Å². The van der Waals surface area contributed by atoms with Gasteiger partial charge < -0.3 is 33.2 Å². The summed E-state index contributed by atoms with van der Waals surface area (Å²) in [6.07, 6.45) is 2.96. The molecule has 5 atom stereocenters. The minimum absolute atomic E-state index is 0.0183. The van der Waals surface area contributed by atoms with Crippen LogP contribution in [0.2, 0.25) is 0 Å². The van der Waals surface area contributed by atoms with Crippen molar-refractivity contribution in [1.82, 2.24) is 0 Å². The highest BCUT2D eigenvalue weighted by molar-refractivity contribution is 5.82. The van der Waals surface area contributed by atoms with Crippen molar-refractivity contribution in [1.29, 1.82) is 0 Å². The molecule has 0 rings (SSSR count). The van der Waals surface area contributed by atoms with E-state index in [2.05, 4.69) is 31.1 Å². The van der Waals surface area contributed by atoms with Crippen molar-refractivity contribution >= 4 is 23.9 Å². The van der Waals surface area contributed by atoms with Gasteiger partial charge in [0.05, 0.1) is 38.1 Å². The Labute approximate surface area is 225 Å². The molecule has 0 amide bonds. The van der Waals surface area contributed by atoms with Crippen LogP contribution in [0.15, 0.2) is 50.6 Å². The predicted octanol–water partition coefficient (Wildman–Crippen LogP) is 2.88. The van der Waals surface area contributed by atoms with Gasteiger partial charge in [-0.25, -0.2) is 19.2 Å². The van der Waals surface area contributed by atoms with Gasteiger partial charge in [0.1, 0.15) is 25.4 Å². The number of esters is 4. The van der Waals surface area contributed by atoms with Crippen molar-refractivity contribution in [3.05, 3.63) is 50.6 Å². The molecule has 11 heteroatoms. The molecule has 0 heterocycles. The van der Waals surface area contributed by atoms with Crippen LogP contribution >= 0.6 is 0 Å². The highest BCUT2D eigenvalue weighted by Crippen LogP contribution is 2.03. The molecule has 0 bridgehead atoms. The lowest BCUT2D eigenvalue weighted by atomic mass is 10.3. The maximum Gasteiger partial charge on any atom is 0.330 e. The average Bonchev–Trinajstić information content (AvgIpc) is 2.90. The summed E-state index contributed by atoms with van der Waals surface area (Å²) < 4.78 is 36.0. The van der Waals surface area contributed by atoms with E-state index in [1.807, 2.05) is 13.8 Å². The largest absolute Gasteiger partial charge is 0.460 e. The van der Waals surface area contributed by atoms with Crippen LogP contribution in [0.3, 0.4) is 0 Å². The molecule has 0 saturated heterocycles. The third kappa shape index (κ3) is 23.1. The average molecular weight is 543 g/mol. The minimum atomic E-state index is -0.540. The van der Waals surface area contributed by atoms with Gasteiger partial charge in [0.15, 0.2) is 0 Å². The van der Waals surface area contributed by atoms with Gasteiger partial charge in [0.2, 0.25) is 0 Å². The fourth-order valence-corrected chi connectivity index (χ4v) is 2.12. The first-order chi connectivity index (χ1) is 17.9. The minimum Gasteiger partial charge on any atom is -0.460 e. The Hall–Kier alpha value is -3.28. The molecule has 0 aromatic carbocycles. The number of hydrogen-bond acceptors (Lipinski definition) is 11. The Bertz CT molecular complexity index is 762. The second-order valence-corrected chi connectivity index (χ2v) is 8.00.